The van der Waals surface area contributed by atoms with Crippen LogP contribution >= 0.6 is 0 Å². The van der Waals surface area contributed by atoms with Crippen LogP contribution in [-0.4, -0.2) is 29.8 Å². The van der Waals surface area contributed by atoms with Gasteiger partial charge in [0.1, 0.15) is 5.78 Å². The zero-order chi connectivity index (χ0) is 10.8. The highest BCUT2D eigenvalue weighted by Crippen LogP contribution is 2.30. The molecule has 1 heterocycles. The van der Waals surface area contributed by atoms with Crippen LogP contribution in [0.2, 0.25) is 0 Å². The quantitative estimate of drug-likeness (QED) is 0.711. The molecular formula is C13H23NO. The second-order valence-electron chi connectivity index (χ2n) is 5.37. The van der Waals surface area contributed by atoms with E-state index in [0.717, 1.165) is 18.9 Å². The first-order valence-electron chi connectivity index (χ1n) is 6.45. The smallest absolute Gasteiger partial charge is 0.138 e. The van der Waals surface area contributed by atoms with Gasteiger partial charge in [-0.1, -0.05) is 26.2 Å². The first kappa shape index (κ1) is 11.1. The van der Waals surface area contributed by atoms with Crippen LogP contribution in [0.5, 0.6) is 0 Å². The third-order valence-electron chi connectivity index (χ3n) is 4.50. The van der Waals surface area contributed by atoms with E-state index in [1.165, 1.54) is 32.2 Å². The van der Waals surface area contributed by atoms with Gasteiger partial charge in [-0.2, -0.15) is 0 Å². The van der Waals surface area contributed by atoms with Gasteiger partial charge >= 0.3 is 0 Å². The number of carbonyl (C=O) groups is 1. The average Bonchev–Trinajstić information content (AvgIpc) is 2.15. The Bertz CT molecular complexity index is 235. The number of Topliss-reactive ketones (excluding diaryl/α,β-unsaturated/α-hetero) is 1. The highest BCUT2D eigenvalue weighted by Gasteiger charge is 2.31. The van der Waals surface area contributed by atoms with Gasteiger partial charge in [0, 0.05) is 24.9 Å². The molecule has 2 nitrogen and oxygen atoms in total. The number of carbonyl (C=O) groups excluding carboxylic acids is 1. The van der Waals surface area contributed by atoms with Crippen LogP contribution < -0.4 is 0 Å². The lowest BCUT2D eigenvalue weighted by Gasteiger charge is -2.38. The standard InChI is InChI=1S/C13H23NO/c1-10-11(2)14(9-7-13(10)15)8-6-12-4-3-5-12/h10-12H,3-9H2,1-2H3. The number of hydrogen-bond acceptors (Lipinski definition) is 2. The third kappa shape index (κ3) is 2.41. The predicted octanol–water partition coefficient (Wildman–Crippen LogP) is 2.48. The molecule has 0 spiro atoms. The summed E-state index contributed by atoms with van der Waals surface area (Å²) in [6, 6.07) is 0.464. The molecule has 0 aromatic carbocycles. The van der Waals surface area contributed by atoms with Gasteiger partial charge in [0.15, 0.2) is 0 Å². The molecule has 2 atom stereocenters. The zero-order valence-corrected chi connectivity index (χ0v) is 10.0. The minimum Gasteiger partial charge on any atom is -0.300 e. The lowest BCUT2D eigenvalue weighted by Crippen LogP contribution is -2.47. The van der Waals surface area contributed by atoms with Crippen LogP contribution in [0.15, 0.2) is 0 Å². The maximum Gasteiger partial charge on any atom is 0.138 e. The SMILES string of the molecule is CC1C(=O)CCN(CCC2CCC2)C1C. The van der Waals surface area contributed by atoms with Crippen LogP contribution in [0.4, 0.5) is 0 Å². The van der Waals surface area contributed by atoms with Crippen molar-refractivity contribution in [2.24, 2.45) is 11.8 Å². The highest BCUT2D eigenvalue weighted by atomic mass is 16.1. The third-order valence-corrected chi connectivity index (χ3v) is 4.50. The number of rotatable bonds is 3. The van der Waals surface area contributed by atoms with Crippen molar-refractivity contribution in [2.75, 3.05) is 13.1 Å². The Morgan fingerprint density at radius 2 is 2.07 bits per heavy atom. The average molecular weight is 209 g/mol. The molecule has 2 heteroatoms. The van der Waals surface area contributed by atoms with E-state index in [1.54, 1.807) is 0 Å². The maximum absolute atomic E-state index is 11.5. The molecule has 0 bridgehead atoms. The minimum absolute atomic E-state index is 0.250. The Hall–Kier alpha value is -0.370. The Balaban J connectivity index is 1.78. The molecule has 0 aromatic rings. The predicted molar refractivity (Wildman–Crippen MR) is 61.8 cm³/mol. The van der Waals surface area contributed by atoms with Crippen molar-refractivity contribution in [3.05, 3.63) is 0 Å². The minimum atomic E-state index is 0.250. The normalized spacial score (nSPS) is 34.1. The van der Waals surface area contributed by atoms with Crippen molar-refractivity contribution >= 4 is 5.78 Å². The molecule has 2 rings (SSSR count). The fourth-order valence-electron chi connectivity index (χ4n) is 2.72. The molecule has 0 aromatic heterocycles. The van der Waals surface area contributed by atoms with Crippen molar-refractivity contribution in [3.63, 3.8) is 0 Å². The van der Waals surface area contributed by atoms with Crippen LogP contribution in [-0.2, 0) is 4.79 Å². The van der Waals surface area contributed by atoms with E-state index < -0.39 is 0 Å². The number of nitrogens with zero attached hydrogens (tertiary/aromatic N) is 1. The second kappa shape index (κ2) is 4.65. The van der Waals surface area contributed by atoms with Crippen LogP contribution in [0.1, 0.15) is 46.0 Å². The topological polar surface area (TPSA) is 20.3 Å². The van der Waals surface area contributed by atoms with Gasteiger partial charge in [-0.05, 0) is 25.8 Å². The molecule has 0 N–H and O–H groups in total. The Morgan fingerprint density at radius 1 is 1.33 bits per heavy atom. The van der Waals surface area contributed by atoms with Crippen molar-refractivity contribution < 1.29 is 4.79 Å². The van der Waals surface area contributed by atoms with Gasteiger partial charge in [0.05, 0.1) is 0 Å². The largest absolute Gasteiger partial charge is 0.300 e. The molecule has 86 valence electrons. The second-order valence-corrected chi connectivity index (χ2v) is 5.37. The van der Waals surface area contributed by atoms with E-state index in [-0.39, 0.29) is 5.92 Å². The Morgan fingerprint density at radius 3 is 2.67 bits per heavy atom. The molecule has 0 amide bonds. The van der Waals surface area contributed by atoms with Crippen LogP contribution in [0, 0.1) is 11.8 Å². The molecule has 1 saturated carbocycles. The van der Waals surface area contributed by atoms with Crippen molar-refractivity contribution in [1.82, 2.24) is 4.90 Å². The van der Waals surface area contributed by atoms with E-state index >= 15 is 0 Å². The summed E-state index contributed by atoms with van der Waals surface area (Å²) >= 11 is 0. The summed E-state index contributed by atoms with van der Waals surface area (Å²) in [4.78, 5) is 14.0. The van der Waals surface area contributed by atoms with Crippen molar-refractivity contribution in [3.8, 4) is 0 Å². The summed E-state index contributed by atoms with van der Waals surface area (Å²) in [6.07, 6.45) is 6.45. The van der Waals surface area contributed by atoms with Crippen LogP contribution in [0.3, 0.4) is 0 Å². The van der Waals surface area contributed by atoms with Gasteiger partial charge in [0.25, 0.3) is 0 Å². The molecule has 2 aliphatic rings. The van der Waals surface area contributed by atoms with E-state index in [9.17, 15) is 4.79 Å². The summed E-state index contributed by atoms with van der Waals surface area (Å²) in [5, 5.41) is 0. The molecular weight excluding hydrogens is 186 g/mol. The monoisotopic (exact) mass is 209 g/mol. The molecule has 2 unspecified atom stereocenters. The van der Waals surface area contributed by atoms with Gasteiger partial charge in [0.2, 0.25) is 0 Å². The lowest BCUT2D eigenvalue weighted by atomic mass is 9.82. The number of likely N-dealkylation sites (tertiary alicyclic amines) is 1. The summed E-state index contributed by atoms with van der Waals surface area (Å²) in [6.45, 7) is 6.51. The van der Waals surface area contributed by atoms with Gasteiger partial charge in [-0.3, -0.25) is 9.69 Å². The maximum atomic E-state index is 11.5. The number of piperidine rings is 1. The van der Waals surface area contributed by atoms with Gasteiger partial charge < -0.3 is 0 Å². The summed E-state index contributed by atoms with van der Waals surface area (Å²) in [7, 11) is 0. The van der Waals surface area contributed by atoms with Crippen molar-refractivity contribution in [1.29, 1.82) is 0 Å². The van der Waals surface area contributed by atoms with Gasteiger partial charge in [-0.25, -0.2) is 0 Å². The summed E-state index contributed by atoms with van der Waals surface area (Å²) < 4.78 is 0. The van der Waals surface area contributed by atoms with E-state index in [4.69, 9.17) is 0 Å². The summed E-state index contributed by atoms with van der Waals surface area (Å²) in [5.41, 5.74) is 0. The highest BCUT2D eigenvalue weighted by molar-refractivity contribution is 5.82. The zero-order valence-electron chi connectivity index (χ0n) is 10.0. The molecule has 1 aliphatic heterocycles. The number of ketones is 1. The van der Waals surface area contributed by atoms with Crippen molar-refractivity contribution in [2.45, 2.75) is 52.0 Å². The van der Waals surface area contributed by atoms with E-state index in [0.29, 0.717) is 11.8 Å². The number of hydrogen-bond donors (Lipinski definition) is 0. The molecule has 2 fully saturated rings. The Kier molecular flexibility index (Phi) is 3.45. The Labute approximate surface area is 93.0 Å². The summed E-state index contributed by atoms with van der Waals surface area (Å²) in [5.74, 6) is 1.70. The van der Waals surface area contributed by atoms with E-state index in [2.05, 4.69) is 18.7 Å². The lowest BCUT2D eigenvalue weighted by molar-refractivity contribution is -0.127. The first-order chi connectivity index (χ1) is 7.18. The first-order valence-corrected chi connectivity index (χ1v) is 6.45. The molecule has 1 aliphatic carbocycles. The fourth-order valence-corrected chi connectivity index (χ4v) is 2.72. The fraction of sp³-hybridized carbons (Fsp3) is 0.923. The van der Waals surface area contributed by atoms with Gasteiger partial charge in [-0.15, -0.1) is 0 Å². The molecule has 0 radical (unpaired) electrons. The molecule has 15 heavy (non-hydrogen) atoms. The van der Waals surface area contributed by atoms with Crippen LogP contribution in [0.25, 0.3) is 0 Å². The van der Waals surface area contributed by atoms with E-state index in [1.807, 2.05) is 0 Å². The molecule has 1 saturated heterocycles.